The van der Waals surface area contributed by atoms with Crippen LogP contribution in [0.5, 0.6) is 11.5 Å². The van der Waals surface area contributed by atoms with Gasteiger partial charge < -0.3 is 9.47 Å². The highest BCUT2D eigenvalue weighted by Crippen LogP contribution is 2.32. The minimum atomic E-state index is 0.510. The average molecular weight is 399 g/mol. The summed E-state index contributed by atoms with van der Waals surface area (Å²) < 4.78 is 12.2. The van der Waals surface area contributed by atoms with Crippen molar-refractivity contribution in [2.75, 3.05) is 13.2 Å². The van der Waals surface area contributed by atoms with Gasteiger partial charge in [0.2, 0.25) is 0 Å². The number of aromatic nitrogens is 2. The number of hydrogen-bond acceptors (Lipinski definition) is 4. The van der Waals surface area contributed by atoms with E-state index in [0.717, 1.165) is 42.2 Å². The lowest BCUT2D eigenvalue weighted by atomic mass is 10.1. The van der Waals surface area contributed by atoms with Crippen molar-refractivity contribution in [3.8, 4) is 22.8 Å². The van der Waals surface area contributed by atoms with E-state index in [9.17, 15) is 0 Å². The zero-order chi connectivity index (χ0) is 20.7. The molecule has 2 rings (SSSR count). The lowest BCUT2D eigenvalue weighted by Crippen LogP contribution is -2.09. The summed E-state index contributed by atoms with van der Waals surface area (Å²) in [5.74, 6) is 2.13. The fraction of sp³-hybridized carbons (Fsp3) is 0.600. The smallest absolute Gasteiger partial charge is 0.161 e. The Hall–Kier alpha value is -2.10. The first-order valence-electron chi connectivity index (χ1n) is 11.4. The number of ether oxygens (including phenoxy) is 2. The highest BCUT2D eigenvalue weighted by Gasteiger charge is 2.11. The van der Waals surface area contributed by atoms with Crippen molar-refractivity contribution in [1.82, 2.24) is 9.97 Å². The molecular formula is C25H38N2O2. The Morgan fingerprint density at radius 3 is 2.31 bits per heavy atom. The normalized spacial score (nSPS) is 12.0. The largest absolute Gasteiger partial charge is 0.490 e. The van der Waals surface area contributed by atoms with E-state index in [2.05, 4.69) is 30.7 Å². The molecule has 1 aromatic carbocycles. The summed E-state index contributed by atoms with van der Waals surface area (Å²) in [7, 11) is 0. The summed E-state index contributed by atoms with van der Waals surface area (Å²) in [6.45, 7) is 8.07. The first-order chi connectivity index (χ1) is 14.2. The first-order valence-corrected chi connectivity index (χ1v) is 11.4. The van der Waals surface area contributed by atoms with Crippen LogP contribution in [-0.2, 0) is 0 Å². The van der Waals surface area contributed by atoms with Gasteiger partial charge in [-0.1, -0.05) is 72.1 Å². The van der Waals surface area contributed by atoms with Gasteiger partial charge in [0.25, 0.3) is 0 Å². The van der Waals surface area contributed by atoms with Gasteiger partial charge in [0.1, 0.15) is 0 Å². The van der Waals surface area contributed by atoms with Gasteiger partial charge in [0, 0.05) is 18.0 Å². The van der Waals surface area contributed by atoms with Crippen LogP contribution in [0.4, 0.5) is 0 Å². The zero-order valence-corrected chi connectivity index (χ0v) is 18.5. The van der Waals surface area contributed by atoms with E-state index < -0.39 is 0 Å². The summed E-state index contributed by atoms with van der Waals surface area (Å²) in [6, 6.07) is 6.05. The van der Waals surface area contributed by atoms with E-state index in [-0.39, 0.29) is 0 Å². The van der Waals surface area contributed by atoms with E-state index in [0.29, 0.717) is 12.5 Å². The van der Waals surface area contributed by atoms with Gasteiger partial charge in [-0.15, -0.1) is 0 Å². The molecule has 4 nitrogen and oxygen atoms in total. The molecule has 0 N–H and O–H groups in total. The fourth-order valence-electron chi connectivity index (χ4n) is 3.12. The van der Waals surface area contributed by atoms with Gasteiger partial charge in [-0.3, -0.25) is 9.97 Å². The molecule has 0 amide bonds. The highest BCUT2D eigenvalue weighted by atomic mass is 16.5. The Kier molecular flexibility index (Phi) is 11.2. The molecule has 1 aromatic heterocycles. The summed E-state index contributed by atoms with van der Waals surface area (Å²) in [5.41, 5.74) is 1.84. The third kappa shape index (κ3) is 8.84. The van der Waals surface area contributed by atoms with Crippen molar-refractivity contribution < 1.29 is 9.47 Å². The van der Waals surface area contributed by atoms with Gasteiger partial charge >= 0.3 is 0 Å². The number of benzene rings is 1. The quantitative estimate of drug-likeness (QED) is 0.300. The molecule has 2 aromatic rings. The summed E-state index contributed by atoms with van der Waals surface area (Å²) in [6.07, 6.45) is 16.6. The first kappa shape index (κ1) is 23.2. The number of hydrogen-bond donors (Lipinski definition) is 0. The maximum Gasteiger partial charge on any atom is 0.161 e. The molecule has 29 heavy (non-hydrogen) atoms. The van der Waals surface area contributed by atoms with E-state index in [4.69, 9.17) is 9.47 Å². The summed E-state index contributed by atoms with van der Waals surface area (Å²) in [4.78, 5) is 8.56. The molecule has 0 aliphatic heterocycles. The number of rotatable bonds is 15. The molecule has 1 unspecified atom stereocenters. The van der Waals surface area contributed by atoms with Crippen LogP contribution >= 0.6 is 0 Å². The second kappa shape index (κ2) is 14.0. The van der Waals surface area contributed by atoms with Crippen LogP contribution in [0, 0.1) is 5.92 Å². The lowest BCUT2D eigenvalue weighted by molar-refractivity contribution is 0.232. The molecule has 0 spiro atoms. The molecule has 0 radical (unpaired) electrons. The van der Waals surface area contributed by atoms with Gasteiger partial charge in [0.15, 0.2) is 11.5 Å². The van der Waals surface area contributed by atoms with Crippen LogP contribution in [0.15, 0.2) is 36.8 Å². The Morgan fingerprint density at radius 2 is 1.62 bits per heavy atom. The third-order valence-electron chi connectivity index (χ3n) is 5.28. The van der Waals surface area contributed by atoms with Crippen LogP contribution in [-0.4, -0.2) is 23.2 Å². The molecule has 0 bridgehead atoms. The summed E-state index contributed by atoms with van der Waals surface area (Å²) >= 11 is 0. The zero-order valence-electron chi connectivity index (χ0n) is 18.5. The minimum Gasteiger partial charge on any atom is -0.490 e. The third-order valence-corrected chi connectivity index (χ3v) is 5.28. The molecule has 1 heterocycles. The predicted molar refractivity (Wildman–Crippen MR) is 121 cm³/mol. The van der Waals surface area contributed by atoms with Crippen LogP contribution < -0.4 is 9.47 Å². The van der Waals surface area contributed by atoms with E-state index in [1.807, 2.05) is 18.2 Å². The molecule has 160 valence electrons. The average Bonchev–Trinajstić information content (AvgIpc) is 2.77. The van der Waals surface area contributed by atoms with Crippen LogP contribution in [0.2, 0.25) is 0 Å². The highest BCUT2D eigenvalue weighted by molar-refractivity contribution is 5.63. The second-order valence-electron chi connectivity index (χ2n) is 7.90. The predicted octanol–water partition coefficient (Wildman–Crippen LogP) is 7.09. The van der Waals surface area contributed by atoms with E-state index in [1.54, 1.807) is 18.6 Å². The molecule has 0 saturated heterocycles. The van der Waals surface area contributed by atoms with Gasteiger partial charge in [-0.05, 0) is 30.5 Å². The Labute approximate surface area is 177 Å². The molecule has 0 fully saturated rings. The molecular weight excluding hydrogens is 360 g/mol. The lowest BCUT2D eigenvalue weighted by Gasteiger charge is -2.16. The number of nitrogens with zero attached hydrogens (tertiary/aromatic N) is 2. The minimum absolute atomic E-state index is 0.510. The Balaban J connectivity index is 1.88. The van der Waals surface area contributed by atoms with Gasteiger partial charge in [0.05, 0.1) is 25.1 Å². The molecule has 0 aliphatic carbocycles. The van der Waals surface area contributed by atoms with Crippen molar-refractivity contribution in [2.45, 2.75) is 78.6 Å². The van der Waals surface area contributed by atoms with Crippen molar-refractivity contribution in [3.05, 3.63) is 36.8 Å². The van der Waals surface area contributed by atoms with E-state index in [1.165, 1.54) is 44.9 Å². The molecule has 4 heteroatoms. The van der Waals surface area contributed by atoms with Crippen molar-refractivity contribution in [2.24, 2.45) is 5.92 Å². The maximum atomic E-state index is 6.11. The van der Waals surface area contributed by atoms with Crippen LogP contribution in [0.25, 0.3) is 11.3 Å². The van der Waals surface area contributed by atoms with Gasteiger partial charge in [-0.25, -0.2) is 0 Å². The molecule has 1 atom stereocenters. The SMILES string of the molecule is CCCCCCCCCCOc1ccc(-c2cnccn2)cc1OCC(C)CC. The summed E-state index contributed by atoms with van der Waals surface area (Å²) in [5, 5.41) is 0. The van der Waals surface area contributed by atoms with Crippen molar-refractivity contribution in [1.29, 1.82) is 0 Å². The van der Waals surface area contributed by atoms with Gasteiger partial charge in [-0.2, -0.15) is 0 Å². The second-order valence-corrected chi connectivity index (χ2v) is 7.90. The van der Waals surface area contributed by atoms with Crippen molar-refractivity contribution >= 4 is 0 Å². The monoisotopic (exact) mass is 398 g/mol. The topological polar surface area (TPSA) is 44.2 Å². The fourth-order valence-corrected chi connectivity index (χ4v) is 3.12. The maximum absolute atomic E-state index is 6.11. The number of unbranched alkanes of at least 4 members (excludes halogenated alkanes) is 7. The van der Waals surface area contributed by atoms with Crippen LogP contribution in [0.1, 0.15) is 78.6 Å². The Bertz CT molecular complexity index is 676. The molecule has 0 aliphatic rings. The van der Waals surface area contributed by atoms with Crippen molar-refractivity contribution in [3.63, 3.8) is 0 Å². The molecule has 0 saturated carbocycles. The Morgan fingerprint density at radius 1 is 0.862 bits per heavy atom. The standard InChI is InChI=1S/C25H38N2O2/c1-4-6-7-8-9-10-11-12-17-28-24-14-13-22(23-19-26-15-16-27-23)18-25(24)29-20-21(3)5-2/h13-16,18-19,21H,4-12,17,20H2,1-3H3. The van der Waals surface area contributed by atoms with Crippen LogP contribution in [0.3, 0.4) is 0 Å². The van der Waals surface area contributed by atoms with E-state index >= 15 is 0 Å².